The number of nitrogens with one attached hydrogen (secondary N) is 2. The highest BCUT2D eigenvalue weighted by Crippen LogP contribution is 2.32. The number of amides is 2. The molecule has 2 aromatic carbocycles. The molecule has 1 aromatic heterocycles. The zero-order valence-corrected chi connectivity index (χ0v) is 13.9. The van der Waals surface area contributed by atoms with Crippen molar-refractivity contribution in [1.29, 1.82) is 0 Å². The fraction of sp³-hybridized carbons (Fsp3) is 0.111. The van der Waals surface area contributed by atoms with Crippen LogP contribution in [0.1, 0.15) is 17.5 Å². The number of furan rings is 1. The van der Waals surface area contributed by atoms with Gasteiger partial charge in [-0.05, 0) is 49.4 Å². The molecule has 7 heteroatoms. The van der Waals surface area contributed by atoms with E-state index in [1.165, 1.54) is 0 Å². The van der Waals surface area contributed by atoms with E-state index >= 15 is 0 Å². The molecule has 2 N–H and O–H groups in total. The Labute approximate surface area is 147 Å². The molecule has 2 amide bonds. The first-order valence-corrected chi connectivity index (χ1v) is 7.99. The number of ether oxygens (including phenoxy) is 1. The Morgan fingerprint density at radius 3 is 2.88 bits per heavy atom. The van der Waals surface area contributed by atoms with Crippen LogP contribution in [0.25, 0.3) is 11.0 Å². The lowest BCUT2D eigenvalue weighted by atomic mass is 10.2. The van der Waals surface area contributed by atoms with Gasteiger partial charge < -0.3 is 19.8 Å². The van der Waals surface area contributed by atoms with E-state index in [0.717, 1.165) is 5.39 Å². The summed E-state index contributed by atoms with van der Waals surface area (Å²) in [5.41, 5.74) is 1.60. The Kier molecular flexibility index (Phi) is 3.62. The molecule has 1 aliphatic heterocycles. The number of rotatable bonds is 2. The van der Waals surface area contributed by atoms with Crippen LogP contribution in [0.4, 0.5) is 11.4 Å². The van der Waals surface area contributed by atoms with Gasteiger partial charge in [0.25, 0.3) is 11.8 Å². The van der Waals surface area contributed by atoms with Gasteiger partial charge in [0, 0.05) is 16.1 Å². The maximum absolute atomic E-state index is 12.4. The molecule has 6 nitrogen and oxygen atoms in total. The molecular formula is C18H13ClN2O4. The van der Waals surface area contributed by atoms with E-state index in [1.54, 1.807) is 49.4 Å². The molecule has 126 valence electrons. The average molecular weight is 357 g/mol. The van der Waals surface area contributed by atoms with Gasteiger partial charge in [-0.15, -0.1) is 0 Å². The topological polar surface area (TPSA) is 80.6 Å². The summed E-state index contributed by atoms with van der Waals surface area (Å²) < 4.78 is 11.0. The molecule has 0 unspecified atom stereocenters. The average Bonchev–Trinajstić information content (AvgIpc) is 2.99. The number of hydrogen-bond acceptors (Lipinski definition) is 4. The van der Waals surface area contributed by atoms with Gasteiger partial charge in [-0.25, -0.2) is 0 Å². The van der Waals surface area contributed by atoms with Crippen molar-refractivity contribution < 1.29 is 18.7 Å². The second-order valence-corrected chi connectivity index (χ2v) is 6.14. The summed E-state index contributed by atoms with van der Waals surface area (Å²) in [6.07, 6.45) is -0.546. The second kappa shape index (κ2) is 5.82. The number of benzene rings is 2. The number of hydrogen-bond donors (Lipinski definition) is 2. The summed E-state index contributed by atoms with van der Waals surface area (Å²) in [5.74, 6) is 0.0983. The lowest BCUT2D eigenvalue weighted by Crippen LogP contribution is -2.34. The highest BCUT2D eigenvalue weighted by molar-refractivity contribution is 6.31. The highest BCUT2D eigenvalue weighted by atomic mass is 35.5. The van der Waals surface area contributed by atoms with Crippen LogP contribution in [0.5, 0.6) is 5.75 Å². The molecule has 0 saturated heterocycles. The van der Waals surface area contributed by atoms with Gasteiger partial charge in [0.2, 0.25) is 0 Å². The minimum Gasteiger partial charge on any atom is -0.479 e. The van der Waals surface area contributed by atoms with Crippen LogP contribution in [0.3, 0.4) is 0 Å². The summed E-state index contributed by atoms with van der Waals surface area (Å²) in [7, 11) is 0. The first kappa shape index (κ1) is 15.5. The van der Waals surface area contributed by atoms with Crippen molar-refractivity contribution in [3.63, 3.8) is 0 Å². The third-order valence-electron chi connectivity index (χ3n) is 3.87. The van der Waals surface area contributed by atoms with Gasteiger partial charge in [0.1, 0.15) is 11.3 Å². The number of fused-ring (bicyclic) bond motifs is 2. The normalized spacial score (nSPS) is 16.1. The molecule has 1 atom stereocenters. The van der Waals surface area contributed by atoms with Crippen molar-refractivity contribution in [1.82, 2.24) is 0 Å². The SMILES string of the molecule is C[C@H]1Oc2ccc(NC(=O)c3cc4cc(Cl)ccc4o3)cc2NC1=O. The van der Waals surface area contributed by atoms with Crippen LogP contribution in [0.15, 0.2) is 46.9 Å². The van der Waals surface area contributed by atoms with E-state index in [0.29, 0.717) is 27.7 Å². The monoisotopic (exact) mass is 356 g/mol. The lowest BCUT2D eigenvalue weighted by Gasteiger charge is -2.23. The maximum Gasteiger partial charge on any atom is 0.291 e. The summed E-state index contributed by atoms with van der Waals surface area (Å²) >= 11 is 5.94. The molecule has 0 spiro atoms. The molecule has 1 aliphatic rings. The molecule has 3 aromatic rings. The van der Waals surface area contributed by atoms with Gasteiger partial charge in [-0.3, -0.25) is 9.59 Å². The van der Waals surface area contributed by atoms with Gasteiger partial charge in [-0.1, -0.05) is 11.6 Å². The van der Waals surface area contributed by atoms with Gasteiger partial charge in [0.05, 0.1) is 5.69 Å². The zero-order valence-electron chi connectivity index (χ0n) is 13.1. The first-order chi connectivity index (χ1) is 12.0. The van der Waals surface area contributed by atoms with Gasteiger partial charge >= 0.3 is 0 Å². The van der Waals surface area contributed by atoms with Gasteiger partial charge in [-0.2, -0.15) is 0 Å². The second-order valence-electron chi connectivity index (χ2n) is 5.71. The fourth-order valence-electron chi connectivity index (χ4n) is 2.61. The highest BCUT2D eigenvalue weighted by Gasteiger charge is 2.24. The largest absolute Gasteiger partial charge is 0.479 e. The Bertz CT molecular complexity index is 1010. The third-order valence-corrected chi connectivity index (χ3v) is 4.11. The predicted molar refractivity (Wildman–Crippen MR) is 94.3 cm³/mol. The van der Waals surface area contributed by atoms with E-state index in [4.69, 9.17) is 20.8 Å². The number of halogens is 1. The molecule has 0 aliphatic carbocycles. The first-order valence-electron chi connectivity index (χ1n) is 7.61. The van der Waals surface area contributed by atoms with E-state index in [9.17, 15) is 9.59 Å². The molecular weight excluding hydrogens is 344 g/mol. The van der Waals surface area contributed by atoms with E-state index in [-0.39, 0.29) is 11.7 Å². The van der Waals surface area contributed by atoms with Crippen LogP contribution >= 0.6 is 11.6 Å². The van der Waals surface area contributed by atoms with Crippen LogP contribution in [0.2, 0.25) is 5.02 Å². The summed E-state index contributed by atoms with van der Waals surface area (Å²) in [5, 5.41) is 6.79. The van der Waals surface area contributed by atoms with Crippen LogP contribution < -0.4 is 15.4 Å². The number of carbonyl (C=O) groups is 2. The Hall–Kier alpha value is -2.99. The van der Waals surface area contributed by atoms with E-state index in [1.807, 2.05) is 0 Å². The fourth-order valence-corrected chi connectivity index (χ4v) is 2.79. The predicted octanol–water partition coefficient (Wildman–Crippen LogP) is 4.06. The van der Waals surface area contributed by atoms with Crippen molar-refractivity contribution in [2.24, 2.45) is 0 Å². The minimum atomic E-state index is -0.546. The molecule has 0 saturated carbocycles. The lowest BCUT2D eigenvalue weighted by molar-refractivity contribution is -0.122. The molecule has 0 radical (unpaired) electrons. The van der Waals surface area contributed by atoms with Crippen molar-refractivity contribution in [2.45, 2.75) is 13.0 Å². The third kappa shape index (κ3) is 2.92. The van der Waals surface area contributed by atoms with Crippen LogP contribution in [-0.2, 0) is 4.79 Å². The van der Waals surface area contributed by atoms with Crippen molar-refractivity contribution >= 4 is 45.8 Å². The summed E-state index contributed by atoms with van der Waals surface area (Å²) in [6.45, 7) is 1.67. The van der Waals surface area contributed by atoms with E-state index in [2.05, 4.69) is 10.6 Å². The molecule has 2 heterocycles. The number of anilines is 2. The maximum atomic E-state index is 12.4. The molecule has 25 heavy (non-hydrogen) atoms. The van der Waals surface area contributed by atoms with Crippen molar-refractivity contribution in [2.75, 3.05) is 10.6 Å². The van der Waals surface area contributed by atoms with Crippen molar-refractivity contribution in [3.8, 4) is 5.75 Å². The summed E-state index contributed by atoms with van der Waals surface area (Å²) in [4.78, 5) is 24.1. The Morgan fingerprint density at radius 1 is 1.20 bits per heavy atom. The minimum absolute atomic E-state index is 0.170. The van der Waals surface area contributed by atoms with Crippen molar-refractivity contribution in [3.05, 3.63) is 53.2 Å². The molecule has 0 fully saturated rings. The quantitative estimate of drug-likeness (QED) is 0.725. The smallest absolute Gasteiger partial charge is 0.291 e. The molecule has 0 bridgehead atoms. The van der Waals surface area contributed by atoms with Crippen LogP contribution in [-0.4, -0.2) is 17.9 Å². The zero-order chi connectivity index (χ0) is 17.6. The summed E-state index contributed by atoms with van der Waals surface area (Å²) in [6, 6.07) is 11.8. The standard InChI is InChI=1S/C18H13ClN2O4/c1-9-17(22)21-13-8-12(3-5-15(13)24-9)20-18(23)16-7-10-6-11(19)2-4-14(10)25-16/h2-9H,1H3,(H,20,23)(H,21,22)/t9-/m1/s1. The number of carbonyl (C=O) groups excluding carboxylic acids is 2. The Balaban J connectivity index is 1.58. The van der Waals surface area contributed by atoms with Gasteiger partial charge in [0.15, 0.2) is 11.9 Å². The van der Waals surface area contributed by atoms with Crippen LogP contribution in [0, 0.1) is 0 Å². The van der Waals surface area contributed by atoms with E-state index < -0.39 is 12.0 Å². The molecule has 4 rings (SSSR count). The Morgan fingerprint density at radius 2 is 2.04 bits per heavy atom.